The van der Waals surface area contributed by atoms with E-state index in [1.165, 1.54) is 11.8 Å². The minimum atomic E-state index is -0.372. The van der Waals surface area contributed by atoms with Crippen LogP contribution in [0.4, 0.5) is 11.4 Å². The van der Waals surface area contributed by atoms with Crippen LogP contribution in [-0.2, 0) is 7.05 Å². The fraction of sp³-hybridized carbons (Fsp3) is 0.286. The molecule has 2 rings (SSSR count). The Hall–Kier alpha value is -2.70. The number of aryl methyl sites for hydroxylation is 2. The molecule has 112 valence electrons. The molecule has 7 heteroatoms. The van der Waals surface area contributed by atoms with E-state index in [1.807, 2.05) is 6.92 Å². The number of benzene rings is 1. The number of hydrogen-bond acceptors (Lipinski definition) is 5. The Labute approximate surface area is 122 Å². The number of nitrogens with zero attached hydrogens (tertiary/aromatic N) is 2. The average Bonchev–Trinajstić information content (AvgIpc) is 2.79. The predicted octanol–water partition coefficient (Wildman–Crippen LogP) is 1.58. The molecular formula is C14H18N4O3. The van der Waals surface area contributed by atoms with Crippen LogP contribution in [0.5, 0.6) is 11.5 Å². The Morgan fingerprint density at radius 3 is 2.43 bits per heavy atom. The van der Waals surface area contributed by atoms with Crippen molar-refractivity contribution in [3.8, 4) is 11.5 Å². The van der Waals surface area contributed by atoms with Gasteiger partial charge in [-0.2, -0.15) is 5.10 Å². The summed E-state index contributed by atoms with van der Waals surface area (Å²) in [6.45, 7) is 1.86. The van der Waals surface area contributed by atoms with Crippen LogP contribution in [-0.4, -0.2) is 29.9 Å². The first-order valence-corrected chi connectivity index (χ1v) is 6.29. The van der Waals surface area contributed by atoms with Gasteiger partial charge in [-0.25, -0.2) is 0 Å². The molecule has 0 aliphatic heterocycles. The second kappa shape index (κ2) is 5.74. The molecule has 0 aliphatic carbocycles. The first-order valence-electron chi connectivity index (χ1n) is 6.29. The maximum Gasteiger partial charge on any atom is 0.278 e. The minimum Gasteiger partial charge on any atom is -0.493 e. The number of carbonyl (C=O) groups excluding carboxylic acids is 1. The number of hydrogen-bond donors (Lipinski definition) is 2. The quantitative estimate of drug-likeness (QED) is 0.892. The lowest BCUT2D eigenvalue weighted by Crippen LogP contribution is -2.15. The number of nitrogens with one attached hydrogen (secondary N) is 1. The molecule has 0 spiro atoms. The Balaban J connectivity index is 2.31. The van der Waals surface area contributed by atoms with E-state index in [4.69, 9.17) is 15.2 Å². The molecule has 2 aromatic rings. The lowest BCUT2D eigenvalue weighted by Gasteiger charge is -2.13. The highest BCUT2D eigenvalue weighted by molar-refractivity contribution is 6.06. The van der Waals surface area contributed by atoms with Crippen molar-refractivity contribution in [2.75, 3.05) is 25.3 Å². The average molecular weight is 290 g/mol. The van der Waals surface area contributed by atoms with Gasteiger partial charge in [0.25, 0.3) is 5.91 Å². The van der Waals surface area contributed by atoms with Crippen molar-refractivity contribution in [1.82, 2.24) is 9.78 Å². The van der Waals surface area contributed by atoms with Crippen molar-refractivity contribution < 1.29 is 14.3 Å². The third-order valence-corrected chi connectivity index (χ3v) is 3.05. The van der Waals surface area contributed by atoms with Crippen molar-refractivity contribution in [1.29, 1.82) is 0 Å². The van der Waals surface area contributed by atoms with Gasteiger partial charge in [-0.15, -0.1) is 0 Å². The lowest BCUT2D eigenvalue weighted by molar-refractivity contribution is 0.102. The molecule has 1 aromatic carbocycles. The largest absolute Gasteiger partial charge is 0.493 e. The molecule has 1 heterocycles. The Morgan fingerprint density at radius 1 is 1.29 bits per heavy atom. The van der Waals surface area contributed by atoms with Crippen LogP contribution >= 0.6 is 0 Å². The number of aromatic nitrogens is 2. The number of ether oxygens (including phenoxy) is 2. The zero-order valence-corrected chi connectivity index (χ0v) is 12.4. The van der Waals surface area contributed by atoms with E-state index in [1.54, 1.807) is 32.5 Å². The summed E-state index contributed by atoms with van der Waals surface area (Å²) in [5.74, 6) is 0.765. The summed E-state index contributed by atoms with van der Waals surface area (Å²) in [5, 5.41) is 6.81. The summed E-state index contributed by atoms with van der Waals surface area (Å²) < 4.78 is 11.9. The maximum absolute atomic E-state index is 12.2. The fourth-order valence-corrected chi connectivity index (χ4v) is 1.98. The van der Waals surface area contributed by atoms with E-state index >= 15 is 0 Å². The highest BCUT2D eigenvalue weighted by Gasteiger charge is 2.16. The molecule has 3 N–H and O–H groups in total. The van der Waals surface area contributed by atoms with E-state index in [2.05, 4.69) is 10.4 Å². The first kappa shape index (κ1) is 14.7. The highest BCUT2D eigenvalue weighted by Crippen LogP contribution is 2.33. The lowest BCUT2D eigenvalue weighted by atomic mass is 10.1. The standard InChI is InChI=1S/C14H18N4O3/c1-8-5-11(20-3)12(21-4)6-10(8)16-14(19)13-9(15)7-18(2)17-13/h5-7H,15H2,1-4H3,(H,16,19). The predicted molar refractivity (Wildman–Crippen MR) is 79.9 cm³/mol. The van der Waals surface area contributed by atoms with Gasteiger partial charge in [0, 0.05) is 25.0 Å². The Kier molecular flexibility index (Phi) is 4.02. The molecule has 0 saturated heterocycles. The third-order valence-electron chi connectivity index (χ3n) is 3.05. The van der Waals surface area contributed by atoms with Crippen LogP contribution in [0.1, 0.15) is 16.1 Å². The van der Waals surface area contributed by atoms with E-state index in [9.17, 15) is 4.79 Å². The Morgan fingerprint density at radius 2 is 1.90 bits per heavy atom. The third kappa shape index (κ3) is 2.91. The van der Waals surface area contributed by atoms with Crippen LogP contribution in [0.15, 0.2) is 18.3 Å². The number of rotatable bonds is 4. The Bertz CT molecular complexity index is 679. The number of nitrogens with two attached hydrogens (primary N) is 1. The molecule has 0 bridgehead atoms. The monoisotopic (exact) mass is 290 g/mol. The zero-order valence-electron chi connectivity index (χ0n) is 12.4. The van der Waals surface area contributed by atoms with Gasteiger partial charge in [0.2, 0.25) is 0 Å². The van der Waals surface area contributed by atoms with Crippen LogP contribution in [0, 0.1) is 6.92 Å². The van der Waals surface area contributed by atoms with Gasteiger partial charge in [0.15, 0.2) is 17.2 Å². The molecule has 7 nitrogen and oxygen atoms in total. The van der Waals surface area contributed by atoms with Gasteiger partial charge in [0.1, 0.15) is 0 Å². The highest BCUT2D eigenvalue weighted by atomic mass is 16.5. The van der Waals surface area contributed by atoms with Crippen molar-refractivity contribution >= 4 is 17.3 Å². The van der Waals surface area contributed by atoms with E-state index in [-0.39, 0.29) is 11.6 Å². The van der Waals surface area contributed by atoms with Gasteiger partial charge in [-0.1, -0.05) is 0 Å². The first-order chi connectivity index (χ1) is 9.96. The summed E-state index contributed by atoms with van der Waals surface area (Å²) in [7, 11) is 4.80. The van der Waals surface area contributed by atoms with Crippen LogP contribution in [0.25, 0.3) is 0 Å². The van der Waals surface area contributed by atoms with Gasteiger partial charge in [-0.3, -0.25) is 9.48 Å². The number of carbonyl (C=O) groups is 1. The summed E-state index contributed by atoms with van der Waals surface area (Å²) in [4.78, 5) is 12.2. The van der Waals surface area contributed by atoms with Gasteiger partial charge in [-0.05, 0) is 18.6 Å². The minimum absolute atomic E-state index is 0.187. The number of nitrogen functional groups attached to an aromatic ring is 1. The van der Waals surface area contributed by atoms with Crippen LogP contribution in [0.2, 0.25) is 0 Å². The van der Waals surface area contributed by atoms with Gasteiger partial charge >= 0.3 is 0 Å². The van der Waals surface area contributed by atoms with Gasteiger partial charge in [0.05, 0.1) is 19.9 Å². The van der Waals surface area contributed by atoms with Crippen LogP contribution < -0.4 is 20.5 Å². The fourth-order valence-electron chi connectivity index (χ4n) is 1.98. The molecule has 0 fully saturated rings. The molecule has 0 aliphatic rings. The number of methoxy groups -OCH3 is 2. The maximum atomic E-state index is 12.2. The second-order valence-corrected chi connectivity index (χ2v) is 4.58. The van der Waals surface area contributed by atoms with Crippen LogP contribution in [0.3, 0.4) is 0 Å². The van der Waals surface area contributed by atoms with E-state index in [0.717, 1.165) is 5.56 Å². The topological polar surface area (TPSA) is 91.4 Å². The molecule has 0 radical (unpaired) electrons. The van der Waals surface area contributed by atoms with Crippen molar-refractivity contribution in [2.24, 2.45) is 7.05 Å². The number of amides is 1. The molecule has 0 atom stereocenters. The summed E-state index contributed by atoms with van der Waals surface area (Å²) in [6.07, 6.45) is 1.58. The van der Waals surface area contributed by atoms with Crippen molar-refractivity contribution in [2.45, 2.75) is 6.92 Å². The molecule has 1 aromatic heterocycles. The van der Waals surface area contributed by atoms with Crippen molar-refractivity contribution in [3.63, 3.8) is 0 Å². The number of anilines is 2. The second-order valence-electron chi connectivity index (χ2n) is 4.58. The smallest absolute Gasteiger partial charge is 0.278 e. The summed E-state index contributed by atoms with van der Waals surface area (Å²) in [5.41, 5.74) is 7.72. The molecule has 0 saturated carbocycles. The molecule has 21 heavy (non-hydrogen) atoms. The SMILES string of the molecule is COc1cc(C)c(NC(=O)c2nn(C)cc2N)cc1OC. The normalized spacial score (nSPS) is 10.3. The molecule has 0 unspecified atom stereocenters. The summed E-state index contributed by atoms with van der Waals surface area (Å²) >= 11 is 0. The molecular weight excluding hydrogens is 272 g/mol. The van der Waals surface area contributed by atoms with Crippen molar-refractivity contribution in [3.05, 3.63) is 29.6 Å². The van der Waals surface area contributed by atoms with E-state index < -0.39 is 0 Å². The van der Waals surface area contributed by atoms with Gasteiger partial charge < -0.3 is 20.5 Å². The summed E-state index contributed by atoms with van der Waals surface area (Å²) in [6, 6.07) is 3.49. The molecule has 1 amide bonds. The zero-order chi connectivity index (χ0) is 15.6. The van der Waals surface area contributed by atoms with E-state index in [0.29, 0.717) is 22.9 Å².